The van der Waals surface area contributed by atoms with E-state index >= 15 is 0 Å². The number of rotatable bonds is 5. The predicted octanol–water partition coefficient (Wildman–Crippen LogP) is 1.68. The van der Waals surface area contributed by atoms with Gasteiger partial charge >= 0.3 is 0 Å². The van der Waals surface area contributed by atoms with E-state index in [1.54, 1.807) is 35.4 Å². The zero-order chi connectivity index (χ0) is 16.2. The lowest BCUT2D eigenvalue weighted by atomic mass is 10.1. The van der Waals surface area contributed by atoms with Gasteiger partial charge in [-0.2, -0.15) is 0 Å². The summed E-state index contributed by atoms with van der Waals surface area (Å²) in [6.07, 6.45) is 3.55. The molecule has 3 rings (SSSR count). The van der Waals surface area contributed by atoms with Crippen molar-refractivity contribution >= 4 is 11.8 Å². The molecule has 0 unspecified atom stereocenters. The number of hydrogen-bond donors (Lipinski definition) is 0. The second-order valence-electron chi connectivity index (χ2n) is 5.77. The Morgan fingerprint density at radius 2 is 2.26 bits per heavy atom. The van der Waals surface area contributed by atoms with Crippen molar-refractivity contribution < 1.29 is 14.0 Å². The van der Waals surface area contributed by atoms with Gasteiger partial charge in [-0.25, -0.2) is 0 Å². The van der Waals surface area contributed by atoms with Crippen molar-refractivity contribution in [2.24, 2.45) is 5.92 Å². The Hall–Kier alpha value is -2.63. The average molecular weight is 313 g/mol. The Balaban J connectivity index is 1.59. The minimum Gasteiger partial charge on any atom is -0.467 e. The van der Waals surface area contributed by atoms with Crippen LogP contribution in [-0.2, 0) is 22.7 Å². The van der Waals surface area contributed by atoms with Crippen molar-refractivity contribution in [3.05, 3.63) is 54.2 Å². The van der Waals surface area contributed by atoms with Crippen molar-refractivity contribution in [3.8, 4) is 0 Å². The third-order valence-electron chi connectivity index (χ3n) is 3.99. The van der Waals surface area contributed by atoms with Crippen molar-refractivity contribution in [2.75, 3.05) is 13.6 Å². The Bertz CT molecular complexity index is 670. The van der Waals surface area contributed by atoms with Gasteiger partial charge in [0.2, 0.25) is 11.8 Å². The van der Waals surface area contributed by atoms with Gasteiger partial charge in [-0.15, -0.1) is 0 Å². The highest BCUT2D eigenvalue weighted by Gasteiger charge is 2.35. The maximum absolute atomic E-state index is 12.5. The molecular weight excluding hydrogens is 294 g/mol. The largest absolute Gasteiger partial charge is 0.467 e. The highest BCUT2D eigenvalue weighted by Crippen LogP contribution is 2.22. The Morgan fingerprint density at radius 1 is 1.39 bits per heavy atom. The number of aromatic nitrogens is 1. The van der Waals surface area contributed by atoms with Crippen molar-refractivity contribution in [3.63, 3.8) is 0 Å². The molecule has 1 saturated heterocycles. The molecule has 0 N–H and O–H groups in total. The van der Waals surface area contributed by atoms with Crippen LogP contribution in [0, 0.1) is 5.92 Å². The summed E-state index contributed by atoms with van der Waals surface area (Å²) >= 11 is 0. The molecular formula is C17H19N3O3. The molecule has 0 spiro atoms. The van der Waals surface area contributed by atoms with Crippen LogP contribution in [0.3, 0.4) is 0 Å². The van der Waals surface area contributed by atoms with E-state index in [1.807, 2.05) is 24.3 Å². The molecule has 2 aromatic heterocycles. The summed E-state index contributed by atoms with van der Waals surface area (Å²) in [5.41, 5.74) is 0.831. The number of hydrogen-bond acceptors (Lipinski definition) is 4. The third kappa shape index (κ3) is 3.59. The SMILES string of the molecule is CN(Cc1ccco1)C(=O)[C@H]1CC(=O)N(Cc2ccccn2)C1. The molecule has 1 aliphatic rings. The standard InChI is InChI=1S/C17H19N3O3/c1-19(12-15-6-4-8-23-15)17(22)13-9-16(21)20(10-13)11-14-5-2-3-7-18-14/h2-8,13H,9-12H2,1H3/t13-/m0/s1. The van der Waals surface area contributed by atoms with E-state index in [-0.39, 0.29) is 24.2 Å². The van der Waals surface area contributed by atoms with Crippen LogP contribution in [0.2, 0.25) is 0 Å². The average Bonchev–Trinajstić information content (AvgIpc) is 3.18. The first-order chi connectivity index (χ1) is 11.1. The first kappa shape index (κ1) is 15.3. The smallest absolute Gasteiger partial charge is 0.228 e. The normalized spacial score (nSPS) is 17.5. The van der Waals surface area contributed by atoms with E-state index in [1.165, 1.54) is 0 Å². The lowest BCUT2D eigenvalue weighted by Crippen LogP contribution is -2.34. The van der Waals surface area contributed by atoms with E-state index in [0.29, 0.717) is 19.6 Å². The van der Waals surface area contributed by atoms with Gasteiger partial charge in [-0.05, 0) is 24.3 Å². The molecule has 6 heteroatoms. The van der Waals surface area contributed by atoms with Crippen LogP contribution in [0.25, 0.3) is 0 Å². The minimum absolute atomic E-state index is 0.000372. The fraction of sp³-hybridized carbons (Fsp3) is 0.353. The molecule has 120 valence electrons. The number of pyridine rings is 1. The highest BCUT2D eigenvalue weighted by molar-refractivity contribution is 5.89. The van der Waals surface area contributed by atoms with Crippen LogP contribution in [0.15, 0.2) is 47.2 Å². The molecule has 0 radical (unpaired) electrons. The molecule has 0 aromatic carbocycles. The summed E-state index contributed by atoms with van der Waals surface area (Å²) in [4.78, 5) is 32.2. The van der Waals surface area contributed by atoms with Crippen LogP contribution >= 0.6 is 0 Å². The fourth-order valence-corrected chi connectivity index (χ4v) is 2.80. The number of furan rings is 1. The van der Waals surface area contributed by atoms with E-state index in [2.05, 4.69) is 4.98 Å². The Kier molecular flexibility index (Phi) is 4.41. The molecule has 2 amide bonds. The summed E-state index contributed by atoms with van der Waals surface area (Å²) in [6, 6.07) is 9.23. The van der Waals surface area contributed by atoms with Crippen LogP contribution < -0.4 is 0 Å². The van der Waals surface area contributed by atoms with Crippen molar-refractivity contribution in [2.45, 2.75) is 19.5 Å². The molecule has 6 nitrogen and oxygen atoms in total. The molecule has 1 fully saturated rings. The zero-order valence-electron chi connectivity index (χ0n) is 13.0. The maximum Gasteiger partial charge on any atom is 0.228 e. The topological polar surface area (TPSA) is 66.7 Å². The molecule has 1 atom stereocenters. The van der Waals surface area contributed by atoms with Gasteiger partial charge in [0, 0.05) is 26.2 Å². The first-order valence-corrected chi connectivity index (χ1v) is 7.58. The molecule has 0 aliphatic carbocycles. The van der Waals surface area contributed by atoms with Crippen LogP contribution in [0.5, 0.6) is 0 Å². The van der Waals surface area contributed by atoms with Crippen molar-refractivity contribution in [1.82, 2.24) is 14.8 Å². The van der Waals surface area contributed by atoms with Gasteiger partial charge in [0.05, 0.1) is 31.0 Å². The van der Waals surface area contributed by atoms with Crippen LogP contribution in [-0.4, -0.2) is 40.2 Å². The summed E-state index contributed by atoms with van der Waals surface area (Å²) in [6.45, 7) is 1.30. The van der Waals surface area contributed by atoms with Crippen molar-refractivity contribution in [1.29, 1.82) is 0 Å². The van der Waals surface area contributed by atoms with E-state index in [9.17, 15) is 9.59 Å². The van der Waals surface area contributed by atoms with Gasteiger partial charge in [-0.3, -0.25) is 14.6 Å². The maximum atomic E-state index is 12.5. The van der Waals surface area contributed by atoms with Gasteiger partial charge < -0.3 is 14.2 Å². The lowest BCUT2D eigenvalue weighted by Gasteiger charge is -2.20. The van der Waals surface area contributed by atoms with Crippen LogP contribution in [0.1, 0.15) is 17.9 Å². The van der Waals surface area contributed by atoms with E-state index in [0.717, 1.165) is 11.5 Å². The summed E-state index contributed by atoms with van der Waals surface area (Å²) in [5.74, 6) is 0.403. The van der Waals surface area contributed by atoms with E-state index in [4.69, 9.17) is 4.42 Å². The van der Waals surface area contributed by atoms with E-state index < -0.39 is 0 Å². The van der Waals surface area contributed by atoms with Gasteiger partial charge in [0.1, 0.15) is 5.76 Å². The number of amides is 2. The van der Waals surface area contributed by atoms with Gasteiger partial charge in [0.25, 0.3) is 0 Å². The lowest BCUT2D eigenvalue weighted by molar-refractivity contribution is -0.135. The number of likely N-dealkylation sites (tertiary alicyclic amines) is 1. The second kappa shape index (κ2) is 6.64. The number of carbonyl (C=O) groups is 2. The molecule has 0 bridgehead atoms. The quantitative estimate of drug-likeness (QED) is 0.842. The monoisotopic (exact) mass is 313 g/mol. The molecule has 23 heavy (non-hydrogen) atoms. The molecule has 1 aliphatic heterocycles. The number of nitrogens with zero attached hydrogens (tertiary/aromatic N) is 3. The van der Waals surface area contributed by atoms with Crippen LogP contribution in [0.4, 0.5) is 0 Å². The Morgan fingerprint density at radius 3 is 2.96 bits per heavy atom. The highest BCUT2D eigenvalue weighted by atomic mass is 16.3. The molecule has 2 aromatic rings. The summed E-state index contributed by atoms with van der Waals surface area (Å²) < 4.78 is 5.26. The number of carbonyl (C=O) groups excluding carboxylic acids is 2. The molecule has 0 saturated carbocycles. The zero-order valence-corrected chi connectivity index (χ0v) is 13.0. The minimum atomic E-state index is -0.300. The fourth-order valence-electron chi connectivity index (χ4n) is 2.80. The Labute approximate surface area is 134 Å². The van der Waals surface area contributed by atoms with Gasteiger partial charge in [-0.1, -0.05) is 6.07 Å². The summed E-state index contributed by atoms with van der Waals surface area (Å²) in [5, 5.41) is 0. The predicted molar refractivity (Wildman–Crippen MR) is 82.9 cm³/mol. The summed E-state index contributed by atoms with van der Waals surface area (Å²) in [7, 11) is 1.73. The molecule has 3 heterocycles. The second-order valence-corrected chi connectivity index (χ2v) is 5.77. The van der Waals surface area contributed by atoms with Gasteiger partial charge in [0.15, 0.2) is 0 Å². The first-order valence-electron chi connectivity index (χ1n) is 7.58. The third-order valence-corrected chi connectivity index (χ3v) is 3.99.